The third-order valence-electron chi connectivity index (χ3n) is 2.45. The Balaban J connectivity index is 2.24. The van der Waals surface area contributed by atoms with Gasteiger partial charge >= 0.3 is 11.9 Å². The number of alkyl halides is 2. The molecule has 0 N–H and O–H groups in total. The van der Waals surface area contributed by atoms with Crippen LogP contribution in [0, 0.1) is 6.92 Å². The van der Waals surface area contributed by atoms with E-state index in [2.05, 4.69) is 0 Å². The lowest BCUT2D eigenvalue weighted by Crippen LogP contribution is -2.12. The predicted molar refractivity (Wildman–Crippen MR) is 77.1 cm³/mol. The average Bonchev–Trinajstić information content (AvgIpc) is 2.39. The van der Waals surface area contributed by atoms with Crippen molar-refractivity contribution in [3.05, 3.63) is 29.8 Å². The normalized spacial score (nSPS) is 10.4. The largest absolute Gasteiger partial charge is 0.463 e. The highest BCUT2D eigenvalue weighted by atomic mass is 35.5. The topological polar surface area (TPSA) is 52.6 Å². The Kier molecular flexibility index (Phi) is 7.41. The molecule has 0 unspecified atom stereocenters. The highest BCUT2D eigenvalue weighted by Crippen LogP contribution is 2.17. The summed E-state index contributed by atoms with van der Waals surface area (Å²) in [7, 11) is 0. The molecule has 0 fully saturated rings. The van der Waals surface area contributed by atoms with E-state index in [0.29, 0.717) is 12.2 Å². The van der Waals surface area contributed by atoms with Gasteiger partial charge in [-0.2, -0.15) is 0 Å². The van der Waals surface area contributed by atoms with E-state index < -0.39 is 10.8 Å². The first-order chi connectivity index (χ1) is 9.49. The number of aryl methyl sites for hydroxylation is 1. The minimum atomic E-state index is -0.732. The number of rotatable bonds is 7. The molecule has 0 heterocycles. The van der Waals surface area contributed by atoms with Gasteiger partial charge in [-0.05, 0) is 25.0 Å². The molecule has 0 saturated carbocycles. The lowest BCUT2D eigenvalue weighted by Gasteiger charge is -2.07. The first-order valence-electron chi connectivity index (χ1n) is 6.19. The summed E-state index contributed by atoms with van der Waals surface area (Å²) in [5, 5.41) is 0. The molecule has 4 nitrogen and oxygen atoms in total. The van der Waals surface area contributed by atoms with E-state index in [1.54, 1.807) is 12.1 Å². The maximum atomic E-state index is 11.6. The van der Waals surface area contributed by atoms with E-state index in [9.17, 15) is 9.59 Å². The number of halogens is 2. The zero-order valence-corrected chi connectivity index (χ0v) is 12.6. The number of para-hydroxylation sites is 1. The van der Waals surface area contributed by atoms with Gasteiger partial charge in [-0.3, -0.25) is 9.59 Å². The van der Waals surface area contributed by atoms with Crippen molar-refractivity contribution in [1.82, 2.24) is 0 Å². The van der Waals surface area contributed by atoms with Crippen LogP contribution in [0.1, 0.15) is 24.8 Å². The zero-order chi connectivity index (χ0) is 15.0. The minimum Gasteiger partial charge on any atom is -0.463 e. The molecule has 0 aliphatic rings. The Hall–Kier alpha value is -1.26. The Morgan fingerprint density at radius 2 is 1.80 bits per heavy atom. The quantitative estimate of drug-likeness (QED) is 0.439. The summed E-state index contributed by atoms with van der Waals surface area (Å²) in [6.07, 6.45) is 0.636. The number of ether oxygens (including phenoxy) is 2. The molecular formula is C14H16Cl2O4. The third-order valence-corrected chi connectivity index (χ3v) is 2.70. The smallest absolute Gasteiger partial charge is 0.311 e. The van der Waals surface area contributed by atoms with Gasteiger partial charge in [-0.1, -0.05) is 18.2 Å². The fourth-order valence-corrected chi connectivity index (χ4v) is 1.58. The zero-order valence-electron chi connectivity index (χ0n) is 11.1. The van der Waals surface area contributed by atoms with Crippen molar-refractivity contribution in [2.24, 2.45) is 0 Å². The lowest BCUT2D eigenvalue weighted by molar-refractivity contribution is -0.143. The highest BCUT2D eigenvalue weighted by Gasteiger charge is 2.10. The van der Waals surface area contributed by atoms with Gasteiger partial charge in [0.1, 0.15) is 17.2 Å². The number of hydrogen-bond acceptors (Lipinski definition) is 4. The number of carbonyl (C=O) groups is 2. The summed E-state index contributed by atoms with van der Waals surface area (Å²) in [6, 6.07) is 7.24. The predicted octanol–water partition coefficient (Wildman–Crippen LogP) is 3.42. The minimum absolute atomic E-state index is 0.0460. The van der Waals surface area contributed by atoms with Crippen molar-refractivity contribution >= 4 is 35.1 Å². The van der Waals surface area contributed by atoms with Crippen LogP contribution in [0.5, 0.6) is 5.75 Å². The van der Waals surface area contributed by atoms with Crippen molar-refractivity contribution in [1.29, 1.82) is 0 Å². The standard InChI is InChI=1S/C14H16Cl2O4/c1-10-5-2-3-6-11(10)20-14(18)8-4-7-13(17)19-9-12(15)16/h2-3,5-6,12H,4,7-9H2,1H3. The molecule has 0 atom stereocenters. The molecule has 0 aromatic heterocycles. The molecule has 0 aliphatic heterocycles. The molecule has 0 aliphatic carbocycles. The van der Waals surface area contributed by atoms with Crippen molar-refractivity contribution in [2.75, 3.05) is 6.61 Å². The van der Waals surface area contributed by atoms with Gasteiger partial charge in [0, 0.05) is 12.8 Å². The van der Waals surface area contributed by atoms with Crippen molar-refractivity contribution in [3.8, 4) is 5.75 Å². The Morgan fingerprint density at radius 1 is 1.15 bits per heavy atom. The van der Waals surface area contributed by atoms with E-state index in [1.807, 2.05) is 19.1 Å². The maximum absolute atomic E-state index is 11.6. The summed E-state index contributed by atoms with van der Waals surface area (Å²) < 4.78 is 9.96. The van der Waals surface area contributed by atoms with E-state index in [-0.39, 0.29) is 25.4 Å². The van der Waals surface area contributed by atoms with Crippen LogP contribution in [0.25, 0.3) is 0 Å². The van der Waals surface area contributed by atoms with Crippen LogP contribution in [-0.2, 0) is 14.3 Å². The second-order valence-corrected chi connectivity index (χ2v) is 5.44. The molecule has 0 amide bonds. The molecule has 0 spiro atoms. The van der Waals surface area contributed by atoms with E-state index in [4.69, 9.17) is 32.7 Å². The summed E-state index contributed by atoms with van der Waals surface area (Å²) in [6.45, 7) is 1.81. The lowest BCUT2D eigenvalue weighted by atomic mass is 10.2. The highest BCUT2D eigenvalue weighted by molar-refractivity contribution is 6.44. The average molecular weight is 319 g/mol. The maximum Gasteiger partial charge on any atom is 0.311 e. The van der Waals surface area contributed by atoms with Gasteiger partial charge in [-0.25, -0.2) is 0 Å². The first-order valence-corrected chi connectivity index (χ1v) is 7.06. The monoisotopic (exact) mass is 318 g/mol. The SMILES string of the molecule is Cc1ccccc1OC(=O)CCCC(=O)OCC(Cl)Cl. The van der Waals surface area contributed by atoms with E-state index >= 15 is 0 Å². The fraction of sp³-hybridized carbons (Fsp3) is 0.429. The number of benzene rings is 1. The van der Waals surface area contributed by atoms with Crippen LogP contribution in [0.2, 0.25) is 0 Å². The molecule has 0 bridgehead atoms. The van der Waals surface area contributed by atoms with Gasteiger partial charge in [0.25, 0.3) is 0 Å². The molecule has 20 heavy (non-hydrogen) atoms. The molecule has 1 aromatic rings. The fourth-order valence-electron chi connectivity index (χ4n) is 1.45. The van der Waals surface area contributed by atoms with Crippen molar-refractivity contribution in [2.45, 2.75) is 31.0 Å². The summed E-state index contributed by atoms with van der Waals surface area (Å²) in [4.78, 5) is 22.1. The Labute approximate surface area is 128 Å². The summed E-state index contributed by atoms with van der Waals surface area (Å²) >= 11 is 10.9. The van der Waals surface area contributed by atoms with Crippen LogP contribution in [0.4, 0.5) is 0 Å². The van der Waals surface area contributed by atoms with Crippen LogP contribution in [-0.4, -0.2) is 23.4 Å². The van der Waals surface area contributed by atoms with Gasteiger partial charge in [0.2, 0.25) is 0 Å². The van der Waals surface area contributed by atoms with Gasteiger partial charge in [0.15, 0.2) is 0 Å². The van der Waals surface area contributed by atoms with Crippen LogP contribution >= 0.6 is 23.2 Å². The second kappa shape index (κ2) is 8.82. The molecule has 6 heteroatoms. The summed E-state index contributed by atoms with van der Waals surface area (Å²) in [5.74, 6) is -0.271. The number of hydrogen-bond donors (Lipinski definition) is 0. The first kappa shape index (κ1) is 16.8. The number of carbonyl (C=O) groups excluding carboxylic acids is 2. The molecule has 0 radical (unpaired) electrons. The van der Waals surface area contributed by atoms with Gasteiger partial charge < -0.3 is 9.47 Å². The molecule has 110 valence electrons. The molecular weight excluding hydrogens is 303 g/mol. The van der Waals surface area contributed by atoms with Crippen LogP contribution < -0.4 is 4.74 Å². The number of esters is 2. The van der Waals surface area contributed by atoms with Gasteiger partial charge in [0.05, 0.1) is 0 Å². The third kappa shape index (κ3) is 6.78. The molecule has 1 rings (SSSR count). The Bertz CT molecular complexity index is 460. The van der Waals surface area contributed by atoms with Crippen molar-refractivity contribution < 1.29 is 19.1 Å². The molecule has 1 aromatic carbocycles. The molecule has 0 saturated heterocycles. The van der Waals surface area contributed by atoms with Crippen LogP contribution in [0.3, 0.4) is 0 Å². The van der Waals surface area contributed by atoms with Crippen molar-refractivity contribution in [3.63, 3.8) is 0 Å². The van der Waals surface area contributed by atoms with Gasteiger partial charge in [-0.15, -0.1) is 23.2 Å². The Morgan fingerprint density at radius 3 is 2.45 bits per heavy atom. The summed E-state index contributed by atoms with van der Waals surface area (Å²) in [5.41, 5.74) is 0.885. The van der Waals surface area contributed by atoms with E-state index in [1.165, 1.54) is 0 Å². The van der Waals surface area contributed by atoms with Crippen LogP contribution in [0.15, 0.2) is 24.3 Å². The van der Waals surface area contributed by atoms with E-state index in [0.717, 1.165) is 5.56 Å². The second-order valence-electron chi connectivity index (χ2n) is 4.17.